The van der Waals surface area contributed by atoms with Gasteiger partial charge in [0.1, 0.15) is 18.1 Å². The Labute approximate surface area is 175 Å². The lowest BCUT2D eigenvalue weighted by atomic mass is 10.1. The molecule has 4 amide bonds. The van der Waals surface area contributed by atoms with Gasteiger partial charge in [0.2, 0.25) is 23.6 Å². The van der Waals surface area contributed by atoms with Gasteiger partial charge in [-0.2, -0.15) is 0 Å². The van der Waals surface area contributed by atoms with Gasteiger partial charge in [-0.25, -0.2) is 4.79 Å². The first-order valence-corrected chi connectivity index (χ1v) is 8.86. The minimum absolute atomic E-state index is 0.402. The minimum atomic E-state index is -1.64. The van der Waals surface area contributed by atoms with Crippen LogP contribution in [0.15, 0.2) is 0 Å². The van der Waals surface area contributed by atoms with Crippen LogP contribution in [0.25, 0.3) is 0 Å². The standard InChI is InChI=1S/C16H25N5O10/c1-6(13(27)21-9(16(30)31)5-10(18)22)19-15(29)8(2-3-11(23)24)20-14(28)7(17)4-12(25)26/h6-9H,2-5,17H2,1H3,(H2,18,22)(H,19,29)(H,20,28)(H,21,27)(H,23,24)(H,25,26)(H,30,31). The lowest BCUT2D eigenvalue weighted by Crippen LogP contribution is -2.56. The number of hydrogen-bond donors (Lipinski definition) is 8. The third-order valence-corrected chi connectivity index (χ3v) is 3.78. The first-order chi connectivity index (χ1) is 14.2. The second-order valence-electron chi connectivity index (χ2n) is 6.50. The van der Waals surface area contributed by atoms with E-state index in [2.05, 4.69) is 10.6 Å². The lowest BCUT2D eigenvalue weighted by molar-refractivity contribution is -0.143. The van der Waals surface area contributed by atoms with Crippen molar-refractivity contribution in [3.05, 3.63) is 0 Å². The SMILES string of the molecule is CC(NC(=O)C(CCC(=O)O)NC(=O)C(N)CC(=O)O)C(=O)NC(CC(N)=O)C(=O)O. The molecule has 0 aromatic rings. The molecule has 0 spiro atoms. The molecule has 0 saturated heterocycles. The molecular formula is C16H25N5O10. The number of aliphatic carboxylic acids is 3. The minimum Gasteiger partial charge on any atom is -0.481 e. The van der Waals surface area contributed by atoms with E-state index in [0.717, 1.165) is 0 Å². The van der Waals surface area contributed by atoms with Gasteiger partial charge in [0.05, 0.1) is 18.9 Å². The molecule has 0 radical (unpaired) electrons. The monoisotopic (exact) mass is 447 g/mol. The van der Waals surface area contributed by atoms with Gasteiger partial charge in [0.15, 0.2) is 0 Å². The van der Waals surface area contributed by atoms with E-state index in [0.29, 0.717) is 0 Å². The fourth-order valence-corrected chi connectivity index (χ4v) is 2.17. The zero-order chi connectivity index (χ0) is 24.3. The van der Waals surface area contributed by atoms with Gasteiger partial charge in [-0.1, -0.05) is 0 Å². The molecule has 4 atom stereocenters. The van der Waals surface area contributed by atoms with Crippen molar-refractivity contribution in [1.82, 2.24) is 16.0 Å². The van der Waals surface area contributed by atoms with Crippen LogP contribution in [0, 0.1) is 0 Å². The number of carbonyl (C=O) groups is 7. The Bertz CT molecular complexity index is 740. The van der Waals surface area contributed by atoms with E-state index in [1.807, 2.05) is 5.32 Å². The topological polar surface area (TPSA) is 268 Å². The van der Waals surface area contributed by atoms with Crippen LogP contribution in [0.5, 0.6) is 0 Å². The second kappa shape index (κ2) is 12.7. The number of primary amides is 1. The van der Waals surface area contributed by atoms with Crippen molar-refractivity contribution in [2.75, 3.05) is 0 Å². The third kappa shape index (κ3) is 11.1. The van der Waals surface area contributed by atoms with Gasteiger partial charge in [0, 0.05) is 6.42 Å². The molecule has 0 rings (SSSR count). The molecule has 0 aliphatic heterocycles. The highest BCUT2D eigenvalue weighted by atomic mass is 16.4. The van der Waals surface area contributed by atoms with Crippen LogP contribution in [0.1, 0.15) is 32.6 Å². The normalized spacial score (nSPS) is 14.3. The molecule has 0 aromatic carbocycles. The molecule has 0 aliphatic carbocycles. The predicted octanol–water partition coefficient (Wildman–Crippen LogP) is -3.91. The summed E-state index contributed by atoms with van der Waals surface area (Å²) in [6.45, 7) is 1.17. The maximum atomic E-state index is 12.4. The van der Waals surface area contributed by atoms with E-state index in [-0.39, 0.29) is 0 Å². The highest BCUT2D eigenvalue weighted by Gasteiger charge is 2.29. The summed E-state index contributed by atoms with van der Waals surface area (Å²) in [6, 6.07) is -5.97. The molecule has 10 N–H and O–H groups in total. The van der Waals surface area contributed by atoms with Crippen LogP contribution in [0.2, 0.25) is 0 Å². The van der Waals surface area contributed by atoms with Gasteiger partial charge in [-0.05, 0) is 13.3 Å². The molecule has 0 aliphatic rings. The van der Waals surface area contributed by atoms with Crippen LogP contribution in [-0.4, -0.2) is 81.0 Å². The Morgan fingerprint density at radius 3 is 1.77 bits per heavy atom. The van der Waals surface area contributed by atoms with E-state index in [4.69, 9.17) is 26.8 Å². The van der Waals surface area contributed by atoms with Crippen molar-refractivity contribution >= 4 is 41.5 Å². The van der Waals surface area contributed by atoms with Crippen LogP contribution in [-0.2, 0) is 33.6 Å². The molecule has 15 nitrogen and oxygen atoms in total. The van der Waals surface area contributed by atoms with Gasteiger partial charge in [-0.3, -0.25) is 28.8 Å². The molecule has 31 heavy (non-hydrogen) atoms. The Morgan fingerprint density at radius 2 is 1.32 bits per heavy atom. The fourth-order valence-electron chi connectivity index (χ4n) is 2.17. The summed E-state index contributed by atoms with van der Waals surface area (Å²) < 4.78 is 0. The number of amides is 4. The van der Waals surface area contributed by atoms with Crippen molar-refractivity contribution in [2.45, 2.75) is 56.8 Å². The summed E-state index contributed by atoms with van der Waals surface area (Å²) in [6.07, 6.45) is -2.39. The largest absolute Gasteiger partial charge is 0.481 e. The van der Waals surface area contributed by atoms with Gasteiger partial charge in [-0.15, -0.1) is 0 Å². The number of rotatable bonds is 14. The van der Waals surface area contributed by atoms with Crippen molar-refractivity contribution < 1.29 is 48.9 Å². The van der Waals surface area contributed by atoms with Gasteiger partial charge in [0.25, 0.3) is 0 Å². The average molecular weight is 447 g/mol. The molecule has 174 valence electrons. The maximum absolute atomic E-state index is 12.4. The highest BCUT2D eigenvalue weighted by Crippen LogP contribution is 2.02. The van der Waals surface area contributed by atoms with E-state index in [1.54, 1.807) is 0 Å². The lowest BCUT2D eigenvalue weighted by Gasteiger charge is -2.23. The second-order valence-corrected chi connectivity index (χ2v) is 6.50. The van der Waals surface area contributed by atoms with E-state index < -0.39 is 91.4 Å². The molecular weight excluding hydrogens is 422 g/mol. The number of carboxylic acids is 3. The van der Waals surface area contributed by atoms with Crippen LogP contribution in [0.4, 0.5) is 0 Å². The fraction of sp³-hybridized carbons (Fsp3) is 0.562. The number of carboxylic acid groups (broad SMARTS) is 3. The van der Waals surface area contributed by atoms with Crippen LogP contribution in [0.3, 0.4) is 0 Å². The number of hydrogen-bond acceptors (Lipinski definition) is 8. The van der Waals surface area contributed by atoms with Crippen LogP contribution >= 0.6 is 0 Å². The van der Waals surface area contributed by atoms with E-state index >= 15 is 0 Å². The highest BCUT2D eigenvalue weighted by molar-refractivity contribution is 5.95. The van der Waals surface area contributed by atoms with Gasteiger partial charge < -0.3 is 42.7 Å². The summed E-state index contributed by atoms with van der Waals surface area (Å²) >= 11 is 0. The zero-order valence-corrected chi connectivity index (χ0v) is 16.5. The average Bonchev–Trinajstić information content (AvgIpc) is 2.62. The molecule has 0 heterocycles. The Balaban J connectivity index is 5.16. The Kier molecular flexibility index (Phi) is 11.2. The summed E-state index contributed by atoms with van der Waals surface area (Å²) in [5.74, 6) is -8.21. The summed E-state index contributed by atoms with van der Waals surface area (Å²) in [4.78, 5) is 79.9. The third-order valence-electron chi connectivity index (χ3n) is 3.78. The maximum Gasteiger partial charge on any atom is 0.326 e. The van der Waals surface area contributed by atoms with E-state index in [9.17, 15) is 33.6 Å². The van der Waals surface area contributed by atoms with Crippen molar-refractivity contribution in [3.63, 3.8) is 0 Å². The van der Waals surface area contributed by atoms with Crippen molar-refractivity contribution in [1.29, 1.82) is 0 Å². The number of carbonyl (C=O) groups excluding carboxylic acids is 4. The summed E-state index contributed by atoms with van der Waals surface area (Å²) in [7, 11) is 0. The first kappa shape index (κ1) is 27.2. The van der Waals surface area contributed by atoms with E-state index in [1.165, 1.54) is 6.92 Å². The smallest absolute Gasteiger partial charge is 0.326 e. The molecule has 0 bridgehead atoms. The molecule has 0 aromatic heterocycles. The Hall–Kier alpha value is -3.75. The van der Waals surface area contributed by atoms with Crippen molar-refractivity contribution in [2.24, 2.45) is 11.5 Å². The molecule has 15 heteroatoms. The van der Waals surface area contributed by atoms with Crippen molar-refractivity contribution in [3.8, 4) is 0 Å². The first-order valence-electron chi connectivity index (χ1n) is 8.86. The van der Waals surface area contributed by atoms with Crippen LogP contribution < -0.4 is 27.4 Å². The number of nitrogens with one attached hydrogen (secondary N) is 3. The molecule has 4 unspecified atom stereocenters. The molecule has 0 fully saturated rings. The zero-order valence-electron chi connectivity index (χ0n) is 16.5. The molecule has 0 saturated carbocycles. The summed E-state index contributed by atoms with van der Waals surface area (Å²) in [5.41, 5.74) is 10.3. The van der Waals surface area contributed by atoms with Gasteiger partial charge >= 0.3 is 17.9 Å². The quantitative estimate of drug-likeness (QED) is 0.127. The Morgan fingerprint density at radius 1 is 0.774 bits per heavy atom. The predicted molar refractivity (Wildman–Crippen MR) is 100 cm³/mol. The number of nitrogens with two attached hydrogens (primary N) is 2. The summed E-state index contributed by atoms with van der Waals surface area (Å²) in [5, 5.41) is 32.7.